The van der Waals surface area contributed by atoms with Gasteiger partial charge >= 0.3 is 5.76 Å². The van der Waals surface area contributed by atoms with Gasteiger partial charge in [-0.05, 0) is 29.7 Å². The van der Waals surface area contributed by atoms with Crippen LogP contribution in [0.2, 0.25) is 0 Å². The Kier molecular flexibility index (Phi) is 5.21. The van der Waals surface area contributed by atoms with E-state index in [1.165, 1.54) is 18.8 Å². The Balaban J connectivity index is 1.62. The van der Waals surface area contributed by atoms with Crippen molar-refractivity contribution in [1.29, 1.82) is 0 Å². The smallest absolute Gasteiger partial charge is 0.442 e. The zero-order valence-corrected chi connectivity index (χ0v) is 16.4. The number of benzene rings is 3. The van der Waals surface area contributed by atoms with Crippen LogP contribution >= 0.6 is 0 Å². The second-order valence-electron chi connectivity index (χ2n) is 6.50. The van der Waals surface area contributed by atoms with Gasteiger partial charge in [0.1, 0.15) is 6.54 Å². The topological polar surface area (TPSA) is 95.6 Å². The summed E-state index contributed by atoms with van der Waals surface area (Å²) in [4.78, 5) is 24.9. The van der Waals surface area contributed by atoms with Crippen LogP contribution in [0, 0.1) is 0 Å². The van der Waals surface area contributed by atoms with Crippen LogP contribution in [-0.2, 0) is 11.3 Å². The number of methoxy groups -OCH3 is 2. The normalized spacial score (nSPS) is 10.7. The molecular weight excluding hydrogens is 386 g/mol. The minimum absolute atomic E-state index is 0.217. The number of anilines is 1. The van der Waals surface area contributed by atoms with Crippen molar-refractivity contribution in [1.82, 2.24) is 9.72 Å². The van der Waals surface area contributed by atoms with Crippen LogP contribution in [-0.4, -0.2) is 29.9 Å². The molecule has 0 unspecified atom stereocenters. The van der Waals surface area contributed by atoms with Gasteiger partial charge in [-0.25, -0.2) is 9.36 Å². The van der Waals surface area contributed by atoms with E-state index in [4.69, 9.17) is 14.0 Å². The highest BCUT2D eigenvalue weighted by Crippen LogP contribution is 2.31. The van der Waals surface area contributed by atoms with Gasteiger partial charge in [0.15, 0.2) is 17.3 Å². The predicted molar refractivity (Wildman–Crippen MR) is 112 cm³/mol. The van der Waals surface area contributed by atoms with Crippen LogP contribution < -0.4 is 20.5 Å². The molecule has 3 aromatic carbocycles. The molecule has 0 saturated carbocycles. The SMILES string of the molecule is COc1ccc(-c2noc(=O)n2CC(=O)Nc2cccc3ccccc23)cc1OC. The van der Waals surface area contributed by atoms with Crippen LogP contribution in [0.3, 0.4) is 0 Å². The summed E-state index contributed by atoms with van der Waals surface area (Å²) in [7, 11) is 3.04. The molecule has 0 aliphatic heterocycles. The number of carbonyl (C=O) groups is 1. The Labute approximate surface area is 171 Å². The molecule has 30 heavy (non-hydrogen) atoms. The fourth-order valence-corrected chi connectivity index (χ4v) is 3.26. The van der Waals surface area contributed by atoms with Gasteiger partial charge in [0.2, 0.25) is 5.91 Å². The Bertz CT molecular complexity index is 1270. The number of hydrogen-bond donors (Lipinski definition) is 1. The first-order valence-corrected chi connectivity index (χ1v) is 9.17. The van der Waals surface area contributed by atoms with Gasteiger partial charge in [-0.3, -0.25) is 9.32 Å². The quantitative estimate of drug-likeness (QED) is 0.529. The number of nitrogens with one attached hydrogen (secondary N) is 1. The van der Waals surface area contributed by atoms with Crippen LogP contribution in [0.25, 0.3) is 22.2 Å². The van der Waals surface area contributed by atoms with Gasteiger partial charge in [0.25, 0.3) is 0 Å². The Hall–Kier alpha value is -4.07. The van der Waals surface area contributed by atoms with E-state index in [1.807, 2.05) is 42.5 Å². The largest absolute Gasteiger partial charge is 0.493 e. The number of ether oxygens (including phenoxy) is 2. The third kappa shape index (κ3) is 3.62. The Morgan fingerprint density at radius 1 is 1.03 bits per heavy atom. The molecule has 8 nitrogen and oxygen atoms in total. The maximum absolute atomic E-state index is 12.7. The first-order chi connectivity index (χ1) is 14.6. The second-order valence-corrected chi connectivity index (χ2v) is 6.50. The fourth-order valence-electron chi connectivity index (χ4n) is 3.26. The minimum Gasteiger partial charge on any atom is -0.493 e. The summed E-state index contributed by atoms with van der Waals surface area (Å²) in [5.41, 5.74) is 1.21. The monoisotopic (exact) mass is 405 g/mol. The zero-order valence-electron chi connectivity index (χ0n) is 16.4. The summed E-state index contributed by atoms with van der Waals surface area (Å²) >= 11 is 0. The molecule has 8 heteroatoms. The molecule has 0 atom stereocenters. The summed E-state index contributed by atoms with van der Waals surface area (Å²) in [5.74, 6) is 0.116. The molecule has 0 aliphatic rings. The Morgan fingerprint density at radius 3 is 2.60 bits per heavy atom. The number of fused-ring (bicyclic) bond motifs is 1. The maximum Gasteiger partial charge on any atom is 0.442 e. The molecule has 1 N–H and O–H groups in total. The molecule has 0 fully saturated rings. The zero-order chi connectivity index (χ0) is 21.1. The van der Waals surface area contributed by atoms with Gasteiger partial charge in [-0.1, -0.05) is 41.6 Å². The van der Waals surface area contributed by atoms with Crippen molar-refractivity contribution < 1.29 is 18.8 Å². The highest BCUT2D eigenvalue weighted by molar-refractivity contribution is 6.02. The van der Waals surface area contributed by atoms with Gasteiger partial charge < -0.3 is 14.8 Å². The van der Waals surface area contributed by atoms with E-state index in [-0.39, 0.29) is 18.3 Å². The fraction of sp³-hybridized carbons (Fsp3) is 0.136. The highest BCUT2D eigenvalue weighted by Gasteiger charge is 2.18. The van der Waals surface area contributed by atoms with E-state index < -0.39 is 5.76 Å². The first-order valence-electron chi connectivity index (χ1n) is 9.17. The van der Waals surface area contributed by atoms with Crippen molar-refractivity contribution >= 4 is 22.4 Å². The number of carbonyl (C=O) groups excluding carboxylic acids is 1. The minimum atomic E-state index is -0.729. The Morgan fingerprint density at radius 2 is 1.80 bits per heavy atom. The van der Waals surface area contributed by atoms with E-state index in [2.05, 4.69) is 10.5 Å². The van der Waals surface area contributed by atoms with Crippen molar-refractivity contribution in [3.05, 3.63) is 71.2 Å². The van der Waals surface area contributed by atoms with Crippen LogP contribution in [0.15, 0.2) is 70.0 Å². The third-order valence-electron chi connectivity index (χ3n) is 4.69. The number of hydrogen-bond acceptors (Lipinski definition) is 6. The van der Waals surface area contributed by atoms with Crippen molar-refractivity contribution in [3.8, 4) is 22.9 Å². The lowest BCUT2D eigenvalue weighted by Gasteiger charge is -2.11. The summed E-state index contributed by atoms with van der Waals surface area (Å²) in [6.07, 6.45) is 0. The van der Waals surface area contributed by atoms with Crippen molar-refractivity contribution in [2.75, 3.05) is 19.5 Å². The molecule has 0 bridgehead atoms. The molecule has 4 aromatic rings. The van der Waals surface area contributed by atoms with Gasteiger partial charge in [-0.15, -0.1) is 0 Å². The van der Waals surface area contributed by atoms with Crippen molar-refractivity contribution in [2.45, 2.75) is 6.54 Å². The average Bonchev–Trinajstić information content (AvgIpc) is 3.13. The van der Waals surface area contributed by atoms with Gasteiger partial charge in [-0.2, -0.15) is 0 Å². The summed E-state index contributed by atoms with van der Waals surface area (Å²) in [6.45, 7) is -0.255. The predicted octanol–water partition coefficient (Wildman–Crippen LogP) is 3.31. The second kappa shape index (κ2) is 8.12. The lowest BCUT2D eigenvalue weighted by molar-refractivity contribution is -0.116. The maximum atomic E-state index is 12.7. The molecule has 1 aromatic heterocycles. The number of amides is 1. The summed E-state index contributed by atoms with van der Waals surface area (Å²) in [6, 6.07) is 18.4. The standard InChI is InChI=1S/C22H19N3O5/c1-28-18-11-10-15(12-19(18)29-2)21-24-30-22(27)25(21)13-20(26)23-17-9-5-7-14-6-3-4-8-16(14)17/h3-12H,13H2,1-2H3,(H,23,26). The molecular formula is C22H19N3O5. The highest BCUT2D eigenvalue weighted by atomic mass is 16.5. The molecule has 0 saturated heterocycles. The van der Waals surface area contributed by atoms with E-state index >= 15 is 0 Å². The van der Waals surface area contributed by atoms with E-state index in [9.17, 15) is 9.59 Å². The molecule has 4 rings (SSSR count). The van der Waals surface area contributed by atoms with Gasteiger partial charge in [0.05, 0.1) is 14.2 Å². The van der Waals surface area contributed by atoms with E-state index in [0.29, 0.717) is 22.7 Å². The first kappa shape index (κ1) is 19.3. The third-order valence-corrected chi connectivity index (χ3v) is 4.69. The lowest BCUT2D eigenvalue weighted by atomic mass is 10.1. The summed E-state index contributed by atoms with van der Waals surface area (Å²) < 4.78 is 16.5. The van der Waals surface area contributed by atoms with Crippen molar-refractivity contribution in [2.24, 2.45) is 0 Å². The average molecular weight is 405 g/mol. The lowest BCUT2D eigenvalue weighted by Crippen LogP contribution is -2.25. The van der Waals surface area contributed by atoms with E-state index in [0.717, 1.165) is 10.8 Å². The molecule has 0 aliphatic carbocycles. The van der Waals surface area contributed by atoms with Crippen LogP contribution in [0.1, 0.15) is 0 Å². The summed E-state index contributed by atoms with van der Waals surface area (Å²) in [5, 5.41) is 8.59. The van der Waals surface area contributed by atoms with Crippen LogP contribution in [0.4, 0.5) is 5.69 Å². The molecule has 152 valence electrons. The van der Waals surface area contributed by atoms with Crippen LogP contribution in [0.5, 0.6) is 11.5 Å². The molecule has 0 spiro atoms. The number of aromatic nitrogens is 2. The molecule has 1 amide bonds. The molecule has 0 radical (unpaired) electrons. The van der Waals surface area contributed by atoms with Crippen molar-refractivity contribution in [3.63, 3.8) is 0 Å². The number of rotatable bonds is 6. The number of nitrogens with zero attached hydrogens (tertiary/aromatic N) is 2. The molecule has 1 heterocycles. The van der Waals surface area contributed by atoms with E-state index in [1.54, 1.807) is 18.2 Å². The van der Waals surface area contributed by atoms with Gasteiger partial charge in [0, 0.05) is 16.6 Å².